The number of fused-ring (bicyclic) bond motifs is 2. The topological polar surface area (TPSA) is 90.7 Å². The summed E-state index contributed by atoms with van der Waals surface area (Å²) in [6, 6.07) is 5.49. The van der Waals surface area contributed by atoms with Crippen molar-refractivity contribution in [1.29, 1.82) is 0 Å². The van der Waals surface area contributed by atoms with Gasteiger partial charge in [0.2, 0.25) is 5.91 Å². The van der Waals surface area contributed by atoms with Crippen LogP contribution in [0.5, 0.6) is 11.5 Å². The van der Waals surface area contributed by atoms with Gasteiger partial charge in [-0.25, -0.2) is 0 Å². The number of carbonyl (C=O) groups is 2. The van der Waals surface area contributed by atoms with Crippen LogP contribution in [-0.2, 0) is 24.1 Å². The number of rotatable bonds is 4. The highest BCUT2D eigenvalue weighted by Crippen LogP contribution is 2.39. The van der Waals surface area contributed by atoms with Gasteiger partial charge in [-0.15, -0.1) is 11.3 Å². The molecule has 2 aliphatic rings. The zero-order chi connectivity index (χ0) is 19.0. The molecule has 0 saturated carbocycles. The van der Waals surface area contributed by atoms with Gasteiger partial charge in [-0.1, -0.05) is 13.0 Å². The van der Waals surface area contributed by atoms with E-state index in [1.54, 1.807) is 0 Å². The van der Waals surface area contributed by atoms with Crippen molar-refractivity contribution in [1.82, 2.24) is 0 Å². The van der Waals surface area contributed by atoms with Crippen molar-refractivity contribution in [3.63, 3.8) is 0 Å². The van der Waals surface area contributed by atoms with E-state index in [0.717, 1.165) is 35.3 Å². The largest absolute Gasteiger partial charge is 0.486 e. The van der Waals surface area contributed by atoms with Crippen LogP contribution < -0.4 is 20.5 Å². The molecule has 4 rings (SSSR count). The monoisotopic (exact) mass is 386 g/mol. The average molecular weight is 386 g/mol. The molecular formula is C20H22N2O4S. The van der Waals surface area contributed by atoms with Crippen molar-refractivity contribution >= 4 is 28.2 Å². The van der Waals surface area contributed by atoms with E-state index >= 15 is 0 Å². The molecule has 2 amide bonds. The summed E-state index contributed by atoms with van der Waals surface area (Å²) in [5.41, 5.74) is 7.93. The van der Waals surface area contributed by atoms with E-state index in [-0.39, 0.29) is 12.3 Å². The van der Waals surface area contributed by atoms with Gasteiger partial charge in [0.1, 0.15) is 18.2 Å². The summed E-state index contributed by atoms with van der Waals surface area (Å²) in [5, 5.41) is 3.47. The number of hydrogen-bond donors (Lipinski definition) is 2. The van der Waals surface area contributed by atoms with E-state index in [1.165, 1.54) is 11.3 Å². The van der Waals surface area contributed by atoms with Crippen molar-refractivity contribution < 1.29 is 19.1 Å². The minimum absolute atomic E-state index is 0.180. The number of ether oxygens (including phenoxy) is 2. The Kier molecular flexibility index (Phi) is 4.78. The molecule has 0 unspecified atom stereocenters. The first kappa shape index (κ1) is 17.9. The zero-order valence-electron chi connectivity index (χ0n) is 15.2. The SMILES string of the molecule is C[C@@H]1CCc2c(sc(NC(=O)Cc3ccc4c(c3)OCCO4)c2C(N)=O)C1. The van der Waals surface area contributed by atoms with Gasteiger partial charge in [0.25, 0.3) is 5.91 Å². The third kappa shape index (κ3) is 3.64. The second-order valence-corrected chi connectivity index (χ2v) is 8.23. The molecule has 7 heteroatoms. The Hall–Kier alpha value is -2.54. The van der Waals surface area contributed by atoms with Crippen molar-refractivity contribution in [2.24, 2.45) is 11.7 Å². The lowest BCUT2D eigenvalue weighted by molar-refractivity contribution is -0.115. The molecule has 0 bridgehead atoms. The Balaban J connectivity index is 1.52. The number of primary amides is 1. The first-order valence-corrected chi connectivity index (χ1v) is 9.95. The number of amides is 2. The minimum Gasteiger partial charge on any atom is -0.486 e. The Labute approximate surface area is 161 Å². The van der Waals surface area contributed by atoms with E-state index in [2.05, 4.69) is 12.2 Å². The first-order chi connectivity index (χ1) is 13.0. The lowest BCUT2D eigenvalue weighted by atomic mass is 9.88. The Morgan fingerprint density at radius 2 is 2.04 bits per heavy atom. The standard InChI is InChI=1S/C20H22N2O4S/c1-11-2-4-13-16(8-11)27-20(18(13)19(21)24)22-17(23)10-12-3-5-14-15(9-12)26-7-6-25-14/h3,5,9,11H,2,4,6-8,10H2,1H3,(H2,21,24)(H,22,23)/t11-/m1/s1. The molecule has 1 aliphatic carbocycles. The number of nitrogens with two attached hydrogens (primary N) is 1. The summed E-state index contributed by atoms with van der Waals surface area (Å²) >= 11 is 1.48. The smallest absolute Gasteiger partial charge is 0.251 e. The fourth-order valence-electron chi connectivity index (χ4n) is 3.65. The summed E-state index contributed by atoms with van der Waals surface area (Å²) in [5.74, 6) is 1.28. The predicted octanol–water partition coefficient (Wildman–Crippen LogP) is 2.92. The molecule has 2 aromatic rings. The third-order valence-electron chi connectivity index (χ3n) is 4.98. The molecule has 3 N–H and O–H groups in total. The van der Waals surface area contributed by atoms with Crippen LogP contribution in [0.15, 0.2) is 18.2 Å². The van der Waals surface area contributed by atoms with Crippen molar-refractivity contribution in [2.75, 3.05) is 18.5 Å². The number of benzene rings is 1. The van der Waals surface area contributed by atoms with Crippen LogP contribution in [0.1, 0.15) is 39.7 Å². The quantitative estimate of drug-likeness (QED) is 0.845. The van der Waals surface area contributed by atoms with Crippen LogP contribution in [0, 0.1) is 5.92 Å². The van der Waals surface area contributed by atoms with E-state index in [4.69, 9.17) is 15.2 Å². The minimum atomic E-state index is -0.475. The second-order valence-electron chi connectivity index (χ2n) is 7.12. The van der Waals surface area contributed by atoms with Crippen LogP contribution in [-0.4, -0.2) is 25.0 Å². The van der Waals surface area contributed by atoms with Gasteiger partial charge in [-0.3, -0.25) is 9.59 Å². The predicted molar refractivity (Wildman–Crippen MR) is 104 cm³/mol. The fraction of sp³-hybridized carbons (Fsp3) is 0.400. The maximum absolute atomic E-state index is 12.6. The fourth-order valence-corrected chi connectivity index (χ4v) is 5.09. The molecule has 2 heterocycles. The molecule has 27 heavy (non-hydrogen) atoms. The molecule has 0 fully saturated rings. The van der Waals surface area contributed by atoms with Gasteiger partial charge in [0.15, 0.2) is 11.5 Å². The lowest BCUT2D eigenvalue weighted by Crippen LogP contribution is -2.20. The molecule has 0 radical (unpaired) electrons. The highest BCUT2D eigenvalue weighted by Gasteiger charge is 2.27. The van der Waals surface area contributed by atoms with E-state index in [9.17, 15) is 9.59 Å². The summed E-state index contributed by atoms with van der Waals surface area (Å²) in [4.78, 5) is 25.7. The molecule has 1 atom stereocenters. The Bertz CT molecular complexity index is 906. The van der Waals surface area contributed by atoms with Gasteiger partial charge in [0, 0.05) is 4.88 Å². The zero-order valence-corrected chi connectivity index (χ0v) is 16.0. The molecule has 0 spiro atoms. The second kappa shape index (κ2) is 7.23. The highest BCUT2D eigenvalue weighted by atomic mass is 32.1. The maximum atomic E-state index is 12.6. The first-order valence-electron chi connectivity index (χ1n) is 9.14. The summed E-state index contributed by atoms with van der Waals surface area (Å²) in [6.45, 7) is 3.24. The van der Waals surface area contributed by atoms with Crippen LogP contribution in [0.4, 0.5) is 5.00 Å². The third-order valence-corrected chi connectivity index (χ3v) is 6.15. The Morgan fingerprint density at radius 3 is 2.81 bits per heavy atom. The molecule has 1 aromatic heterocycles. The number of nitrogens with one attached hydrogen (secondary N) is 1. The maximum Gasteiger partial charge on any atom is 0.251 e. The van der Waals surface area contributed by atoms with Crippen LogP contribution in [0.3, 0.4) is 0 Å². The van der Waals surface area contributed by atoms with Crippen LogP contribution in [0.25, 0.3) is 0 Å². The van der Waals surface area contributed by atoms with Crippen LogP contribution >= 0.6 is 11.3 Å². The van der Waals surface area contributed by atoms with Gasteiger partial charge < -0.3 is 20.5 Å². The highest BCUT2D eigenvalue weighted by molar-refractivity contribution is 7.17. The van der Waals surface area contributed by atoms with Crippen molar-refractivity contribution in [3.05, 3.63) is 39.8 Å². The summed E-state index contributed by atoms with van der Waals surface area (Å²) in [7, 11) is 0. The average Bonchev–Trinajstić information content (AvgIpc) is 2.98. The lowest BCUT2D eigenvalue weighted by Gasteiger charge is -2.18. The van der Waals surface area contributed by atoms with E-state index in [1.807, 2.05) is 18.2 Å². The molecule has 0 saturated heterocycles. The molecule has 1 aliphatic heterocycles. The van der Waals surface area contributed by atoms with Gasteiger partial charge in [0.05, 0.1) is 12.0 Å². The van der Waals surface area contributed by atoms with E-state index < -0.39 is 5.91 Å². The van der Waals surface area contributed by atoms with Crippen LogP contribution in [0.2, 0.25) is 0 Å². The number of hydrogen-bond acceptors (Lipinski definition) is 5. The molecule has 6 nitrogen and oxygen atoms in total. The molecule has 142 valence electrons. The normalized spacial score (nSPS) is 17.9. The van der Waals surface area contributed by atoms with Crippen molar-refractivity contribution in [3.8, 4) is 11.5 Å². The molecule has 1 aromatic carbocycles. The number of carbonyl (C=O) groups excluding carboxylic acids is 2. The number of anilines is 1. The van der Waals surface area contributed by atoms with Gasteiger partial charge in [-0.05, 0) is 48.4 Å². The molecular weight excluding hydrogens is 364 g/mol. The van der Waals surface area contributed by atoms with Gasteiger partial charge >= 0.3 is 0 Å². The summed E-state index contributed by atoms with van der Waals surface area (Å²) in [6.07, 6.45) is 2.99. The van der Waals surface area contributed by atoms with E-state index in [0.29, 0.717) is 41.2 Å². The van der Waals surface area contributed by atoms with Gasteiger partial charge in [-0.2, -0.15) is 0 Å². The van der Waals surface area contributed by atoms with Crippen molar-refractivity contribution in [2.45, 2.75) is 32.6 Å². The summed E-state index contributed by atoms with van der Waals surface area (Å²) < 4.78 is 11.1. The number of thiophene rings is 1. The Morgan fingerprint density at radius 1 is 1.26 bits per heavy atom.